The molecule has 0 aliphatic rings. The van der Waals surface area contributed by atoms with Gasteiger partial charge in [-0.25, -0.2) is 9.78 Å². The topological polar surface area (TPSA) is 76.5 Å². The quantitative estimate of drug-likeness (QED) is 0.731. The molecule has 3 rings (SSSR count). The van der Waals surface area contributed by atoms with Crippen molar-refractivity contribution in [3.8, 4) is 11.5 Å². The summed E-state index contributed by atoms with van der Waals surface area (Å²) in [6.45, 7) is 0. The largest absolute Gasteiger partial charge is 0.478 e. The number of carboxylic acid groups (broad SMARTS) is 1. The van der Waals surface area contributed by atoms with Gasteiger partial charge in [-0.05, 0) is 18.2 Å². The van der Waals surface area contributed by atoms with Crippen LogP contribution in [-0.4, -0.2) is 16.1 Å². The van der Waals surface area contributed by atoms with Crippen molar-refractivity contribution in [2.75, 3.05) is 0 Å². The monoisotopic (exact) mass is 229 g/mol. The van der Waals surface area contributed by atoms with Gasteiger partial charge in [-0.1, -0.05) is 6.07 Å². The molecule has 0 saturated carbocycles. The van der Waals surface area contributed by atoms with E-state index in [4.69, 9.17) is 13.9 Å². The lowest BCUT2D eigenvalue weighted by Crippen LogP contribution is -1.95. The van der Waals surface area contributed by atoms with Gasteiger partial charge in [-0.2, -0.15) is 0 Å². The third kappa shape index (κ3) is 1.48. The molecule has 5 heteroatoms. The van der Waals surface area contributed by atoms with Gasteiger partial charge >= 0.3 is 5.97 Å². The molecular weight excluding hydrogens is 222 g/mol. The Bertz CT molecular complexity index is 682. The Morgan fingerprint density at radius 1 is 1.29 bits per heavy atom. The van der Waals surface area contributed by atoms with Gasteiger partial charge in [0.1, 0.15) is 17.3 Å². The minimum absolute atomic E-state index is 0.102. The van der Waals surface area contributed by atoms with Crippen LogP contribution in [0.2, 0.25) is 0 Å². The molecule has 0 spiro atoms. The van der Waals surface area contributed by atoms with Crippen LogP contribution in [0.25, 0.3) is 22.6 Å². The number of aromatic carboxylic acids is 1. The fourth-order valence-corrected chi connectivity index (χ4v) is 1.63. The molecule has 17 heavy (non-hydrogen) atoms. The summed E-state index contributed by atoms with van der Waals surface area (Å²) in [7, 11) is 0. The van der Waals surface area contributed by atoms with E-state index in [2.05, 4.69) is 4.98 Å². The molecule has 0 atom stereocenters. The zero-order valence-electron chi connectivity index (χ0n) is 8.58. The van der Waals surface area contributed by atoms with Crippen LogP contribution in [0.15, 0.2) is 45.6 Å². The molecule has 1 aromatic carbocycles. The molecule has 1 N–H and O–H groups in total. The number of benzene rings is 1. The van der Waals surface area contributed by atoms with E-state index in [0.717, 1.165) is 0 Å². The highest BCUT2D eigenvalue weighted by molar-refractivity contribution is 6.00. The van der Waals surface area contributed by atoms with Gasteiger partial charge in [0.2, 0.25) is 5.89 Å². The second-order valence-electron chi connectivity index (χ2n) is 3.49. The van der Waals surface area contributed by atoms with Crippen LogP contribution in [0.4, 0.5) is 0 Å². The van der Waals surface area contributed by atoms with Gasteiger partial charge in [-0.15, -0.1) is 0 Å². The number of carboxylic acids is 1. The number of para-hydroxylation sites is 1. The van der Waals surface area contributed by atoms with Gasteiger partial charge in [0.05, 0.1) is 11.8 Å². The van der Waals surface area contributed by atoms with Crippen LogP contribution < -0.4 is 0 Å². The van der Waals surface area contributed by atoms with Crippen LogP contribution in [0, 0.1) is 0 Å². The highest BCUT2D eigenvalue weighted by atomic mass is 16.4. The van der Waals surface area contributed by atoms with Gasteiger partial charge < -0.3 is 13.9 Å². The van der Waals surface area contributed by atoms with E-state index in [0.29, 0.717) is 17.0 Å². The second kappa shape index (κ2) is 3.48. The lowest BCUT2D eigenvalue weighted by Gasteiger charge is -1.92. The predicted octanol–water partition coefficient (Wildman–Crippen LogP) is 2.79. The standard InChI is InChI=1S/C12H7NO4/c14-12(15)8-2-1-3-9-10(8)17-11(13-9)7-4-5-16-6-7/h1-6H,(H,14,15). The third-order valence-corrected chi connectivity index (χ3v) is 2.41. The summed E-state index contributed by atoms with van der Waals surface area (Å²) in [5.74, 6) is -0.687. The van der Waals surface area contributed by atoms with Gasteiger partial charge in [0, 0.05) is 0 Å². The van der Waals surface area contributed by atoms with Crippen LogP contribution in [0.5, 0.6) is 0 Å². The SMILES string of the molecule is O=C(O)c1cccc2nc(-c3ccoc3)oc12. The second-order valence-corrected chi connectivity index (χ2v) is 3.49. The number of fused-ring (bicyclic) bond motifs is 1. The summed E-state index contributed by atoms with van der Waals surface area (Å²) in [5.41, 5.74) is 1.57. The van der Waals surface area contributed by atoms with Gasteiger partial charge in [-0.3, -0.25) is 0 Å². The van der Waals surface area contributed by atoms with Crippen molar-refractivity contribution in [2.45, 2.75) is 0 Å². The first-order chi connectivity index (χ1) is 8.25. The Morgan fingerprint density at radius 2 is 2.18 bits per heavy atom. The van der Waals surface area contributed by atoms with Crippen LogP contribution >= 0.6 is 0 Å². The van der Waals surface area contributed by atoms with E-state index in [1.807, 2.05) is 0 Å². The Kier molecular flexibility index (Phi) is 1.98. The maximum Gasteiger partial charge on any atom is 0.339 e. The van der Waals surface area contributed by atoms with E-state index in [1.54, 1.807) is 18.2 Å². The number of carbonyl (C=O) groups is 1. The molecule has 2 heterocycles. The first kappa shape index (κ1) is 9.65. The molecule has 0 aliphatic heterocycles. The predicted molar refractivity (Wildman–Crippen MR) is 58.7 cm³/mol. The molecule has 5 nitrogen and oxygen atoms in total. The molecule has 0 saturated heterocycles. The van der Waals surface area contributed by atoms with Crippen molar-refractivity contribution in [3.63, 3.8) is 0 Å². The number of furan rings is 1. The molecule has 0 radical (unpaired) electrons. The van der Waals surface area contributed by atoms with E-state index >= 15 is 0 Å². The first-order valence-electron chi connectivity index (χ1n) is 4.91. The molecule has 0 bridgehead atoms. The van der Waals surface area contributed by atoms with Gasteiger partial charge in [0.25, 0.3) is 0 Å². The van der Waals surface area contributed by atoms with Crippen molar-refractivity contribution >= 4 is 17.1 Å². The number of aromatic nitrogens is 1. The number of rotatable bonds is 2. The number of nitrogens with zero attached hydrogens (tertiary/aromatic N) is 1. The average molecular weight is 229 g/mol. The fraction of sp³-hybridized carbons (Fsp3) is 0. The Morgan fingerprint density at radius 3 is 2.88 bits per heavy atom. The highest BCUT2D eigenvalue weighted by Crippen LogP contribution is 2.26. The highest BCUT2D eigenvalue weighted by Gasteiger charge is 2.15. The molecule has 2 aromatic heterocycles. The zero-order valence-corrected chi connectivity index (χ0v) is 8.58. The molecule has 0 fully saturated rings. The van der Waals surface area contributed by atoms with Crippen LogP contribution in [0.1, 0.15) is 10.4 Å². The Hall–Kier alpha value is -2.56. The lowest BCUT2D eigenvalue weighted by atomic mass is 10.2. The summed E-state index contributed by atoms with van der Waals surface area (Å²) in [6.07, 6.45) is 2.99. The van der Waals surface area contributed by atoms with Crippen molar-refractivity contribution in [1.82, 2.24) is 4.98 Å². The minimum atomic E-state index is -1.04. The first-order valence-corrected chi connectivity index (χ1v) is 4.91. The average Bonchev–Trinajstić information content (AvgIpc) is 2.96. The smallest absolute Gasteiger partial charge is 0.339 e. The normalized spacial score (nSPS) is 10.8. The molecule has 84 valence electrons. The summed E-state index contributed by atoms with van der Waals surface area (Å²) in [5, 5.41) is 9.02. The summed E-state index contributed by atoms with van der Waals surface area (Å²) in [4.78, 5) is 15.2. The number of hydrogen-bond donors (Lipinski definition) is 1. The van der Waals surface area contributed by atoms with E-state index in [1.165, 1.54) is 18.6 Å². The molecule has 0 unspecified atom stereocenters. The molecule has 0 amide bonds. The molecule has 3 aromatic rings. The van der Waals surface area contributed by atoms with Crippen molar-refractivity contribution < 1.29 is 18.7 Å². The fourth-order valence-electron chi connectivity index (χ4n) is 1.63. The van der Waals surface area contributed by atoms with Crippen molar-refractivity contribution in [2.24, 2.45) is 0 Å². The van der Waals surface area contributed by atoms with Crippen LogP contribution in [-0.2, 0) is 0 Å². The van der Waals surface area contributed by atoms with E-state index in [-0.39, 0.29) is 11.1 Å². The van der Waals surface area contributed by atoms with Crippen LogP contribution in [0.3, 0.4) is 0 Å². The van der Waals surface area contributed by atoms with E-state index in [9.17, 15) is 4.79 Å². The summed E-state index contributed by atoms with van der Waals surface area (Å²) >= 11 is 0. The Labute approximate surface area is 95.3 Å². The van der Waals surface area contributed by atoms with Gasteiger partial charge in [0.15, 0.2) is 5.58 Å². The number of hydrogen-bond acceptors (Lipinski definition) is 4. The maximum absolute atomic E-state index is 11.0. The summed E-state index contributed by atoms with van der Waals surface area (Å²) in [6, 6.07) is 6.52. The maximum atomic E-state index is 11.0. The van der Waals surface area contributed by atoms with E-state index < -0.39 is 5.97 Å². The third-order valence-electron chi connectivity index (χ3n) is 2.41. The van der Waals surface area contributed by atoms with Crippen molar-refractivity contribution in [3.05, 3.63) is 42.4 Å². The van der Waals surface area contributed by atoms with Crippen molar-refractivity contribution in [1.29, 1.82) is 0 Å². The molecular formula is C12H7NO4. The summed E-state index contributed by atoms with van der Waals surface area (Å²) < 4.78 is 10.4. The lowest BCUT2D eigenvalue weighted by molar-refractivity contribution is 0.0698. The Balaban J connectivity index is 2.26. The zero-order chi connectivity index (χ0) is 11.8. The minimum Gasteiger partial charge on any atom is -0.478 e. The molecule has 0 aliphatic carbocycles. The number of oxazole rings is 1.